The van der Waals surface area contributed by atoms with E-state index in [4.69, 9.17) is 4.74 Å². The van der Waals surface area contributed by atoms with Gasteiger partial charge in [-0.15, -0.1) is 0 Å². The van der Waals surface area contributed by atoms with Crippen molar-refractivity contribution in [3.63, 3.8) is 0 Å². The number of nitrogens with one attached hydrogen (secondary N) is 2. The molecule has 0 saturated carbocycles. The first kappa shape index (κ1) is 20.8. The summed E-state index contributed by atoms with van der Waals surface area (Å²) in [5.41, 5.74) is 0.218. The van der Waals surface area contributed by atoms with Crippen LogP contribution in [0.15, 0.2) is 47.4 Å². The summed E-state index contributed by atoms with van der Waals surface area (Å²) in [6.45, 7) is 2.00. The van der Waals surface area contributed by atoms with Crippen LogP contribution in [0.2, 0.25) is 0 Å². The molecule has 1 amide bonds. The van der Waals surface area contributed by atoms with Gasteiger partial charge in [0.05, 0.1) is 16.1 Å². The zero-order valence-electron chi connectivity index (χ0n) is 15.8. The molecule has 0 radical (unpaired) electrons. The van der Waals surface area contributed by atoms with Gasteiger partial charge in [0.15, 0.2) is 6.10 Å². The van der Waals surface area contributed by atoms with Gasteiger partial charge in [0, 0.05) is 6.54 Å². The Morgan fingerprint density at radius 2 is 1.97 bits per heavy atom. The number of halogens is 1. The third kappa shape index (κ3) is 4.92. The van der Waals surface area contributed by atoms with E-state index in [1.165, 1.54) is 19.1 Å². The Hall–Kier alpha value is -2.94. The molecule has 3 rings (SSSR count). The number of amides is 1. The maximum Gasteiger partial charge on any atom is 0.341 e. The van der Waals surface area contributed by atoms with Gasteiger partial charge in [-0.05, 0) is 62.1 Å². The lowest BCUT2D eigenvalue weighted by atomic mass is 10.1. The Balaban J connectivity index is 1.84. The summed E-state index contributed by atoms with van der Waals surface area (Å²) < 4.78 is 46.5. The van der Waals surface area contributed by atoms with Gasteiger partial charge >= 0.3 is 5.97 Å². The molecule has 0 unspecified atom stereocenters. The average Bonchev–Trinajstić information content (AvgIpc) is 2.86. The molecule has 154 valence electrons. The maximum absolute atomic E-state index is 13.3. The number of para-hydroxylation sites is 1. The van der Waals surface area contributed by atoms with Crippen LogP contribution in [0.5, 0.6) is 0 Å². The number of hydrogen-bond acceptors (Lipinski definition) is 5. The fraction of sp³-hybridized carbons (Fsp3) is 0.300. The number of sulfonamides is 1. The fourth-order valence-corrected chi connectivity index (χ4v) is 4.39. The molecule has 0 aliphatic carbocycles. The lowest BCUT2D eigenvalue weighted by molar-refractivity contribution is -0.129. The van der Waals surface area contributed by atoms with Crippen molar-refractivity contribution in [1.82, 2.24) is 5.32 Å². The predicted octanol–water partition coefficient (Wildman–Crippen LogP) is 2.76. The Labute approximate surface area is 168 Å². The molecule has 7 nitrogen and oxygen atoms in total. The fourth-order valence-electron chi connectivity index (χ4n) is 3.08. The SMILES string of the molecule is Cc1cc(F)ccc1S(=O)(=O)Nc1ccccc1C(=O)O[C@@H]1CCCCNC1=O. The van der Waals surface area contributed by atoms with E-state index in [9.17, 15) is 22.4 Å². The van der Waals surface area contributed by atoms with Crippen molar-refractivity contribution in [2.75, 3.05) is 11.3 Å². The van der Waals surface area contributed by atoms with E-state index in [0.717, 1.165) is 31.0 Å². The van der Waals surface area contributed by atoms with Gasteiger partial charge in [0.2, 0.25) is 0 Å². The molecule has 1 fully saturated rings. The van der Waals surface area contributed by atoms with Crippen LogP contribution in [0.25, 0.3) is 0 Å². The Kier molecular flexibility index (Phi) is 6.17. The molecule has 1 aliphatic heterocycles. The highest BCUT2D eigenvalue weighted by Crippen LogP contribution is 2.24. The van der Waals surface area contributed by atoms with Crippen LogP contribution < -0.4 is 10.0 Å². The lowest BCUT2D eigenvalue weighted by Crippen LogP contribution is -2.36. The smallest absolute Gasteiger partial charge is 0.341 e. The van der Waals surface area contributed by atoms with Crippen molar-refractivity contribution in [3.8, 4) is 0 Å². The van der Waals surface area contributed by atoms with Crippen LogP contribution in [0, 0.1) is 12.7 Å². The summed E-state index contributed by atoms with van der Waals surface area (Å²) in [6, 6.07) is 9.26. The van der Waals surface area contributed by atoms with Crippen molar-refractivity contribution in [3.05, 3.63) is 59.4 Å². The number of aryl methyl sites for hydroxylation is 1. The number of esters is 1. The molecule has 1 atom stereocenters. The minimum absolute atomic E-state index is 0.00950. The number of hydrogen-bond donors (Lipinski definition) is 2. The van der Waals surface area contributed by atoms with Crippen molar-refractivity contribution in [2.45, 2.75) is 37.2 Å². The normalized spacial score (nSPS) is 17.2. The van der Waals surface area contributed by atoms with Crippen molar-refractivity contribution < 1.29 is 27.1 Å². The summed E-state index contributed by atoms with van der Waals surface area (Å²) in [5, 5.41) is 2.68. The summed E-state index contributed by atoms with van der Waals surface area (Å²) in [5.74, 6) is -1.72. The van der Waals surface area contributed by atoms with Gasteiger partial charge in [-0.1, -0.05) is 12.1 Å². The second-order valence-corrected chi connectivity index (χ2v) is 8.39. The molecule has 0 aromatic heterocycles. The molecule has 2 aromatic carbocycles. The van der Waals surface area contributed by atoms with Crippen molar-refractivity contribution in [2.24, 2.45) is 0 Å². The second-order valence-electron chi connectivity index (χ2n) is 6.74. The lowest BCUT2D eigenvalue weighted by Gasteiger charge is -2.17. The van der Waals surface area contributed by atoms with Gasteiger partial charge in [-0.25, -0.2) is 17.6 Å². The summed E-state index contributed by atoms with van der Waals surface area (Å²) in [6.07, 6.45) is 1.01. The zero-order chi connectivity index (χ0) is 21.0. The maximum atomic E-state index is 13.3. The zero-order valence-corrected chi connectivity index (χ0v) is 16.6. The molecule has 0 bridgehead atoms. The highest BCUT2D eigenvalue weighted by molar-refractivity contribution is 7.92. The first-order valence-electron chi connectivity index (χ1n) is 9.14. The van der Waals surface area contributed by atoms with E-state index >= 15 is 0 Å². The predicted molar refractivity (Wildman–Crippen MR) is 104 cm³/mol. The van der Waals surface area contributed by atoms with Crippen LogP contribution in [-0.2, 0) is 19.6 Å². The van der Waals surface area contributed by atoms with E-state index in [1.807, 2.05) is 0 Å². The van der Waals surface area contributed by atoms with Gasteiger partial charge in [-0.2, -0.15) is 0 Å². The first-order chi connectivity index (χ1) is 13.8. The molecule has 1 aliphatic rings. The highest BCUT2D eigenvalue weighted by Gasteiger charge is 2.27. The van der Waals surface area contributed by atoms with Crippen LogP contribution in [0.3, 0.4) is 0 Å². The van der Waals surface area contributed by atoms with E-state index in [-0.39, 0.29) is 27.6 Å². The third-order valence-electron chi connectivity index (χ3n) is 4.55. The topological polar surface area (TPSA) is 102 Å². The number of rotatable bonds is 5. The van der Waals surface area contributed by atoms with Gasteiger partial charge in [0.25, 0.3) is 15.9 Å². The molecular weight excluding hydrogens is 399 g/mol. The van der Waals surface area contributed by atoms with Crippen molar-refractivity contribution >= 4 is 27.6 Å². The quantitative estimate of drug-likeness (QED) is 0.725. The summed E-state index contributed by atoms with van der Waals surface area (Å²) in [4.78, 5) is 24.5. The minimum atomic E-state index is -4.07. The number of anilines is 1. The van der Waals surface area contributed by atoms with E-state index in [1.54, 1.807) is 12.1 Å². The molecule has 29 heavy (non-hydrogen) atoms. The van der Waals surface area contributed by atoms with Crippen LogP contribution in [0.1, 0.15) is 35.2 Å². The van der Waals surface area contributed by atoms with E-state index in [2.05, 4.69) is 10.0 Å². The Bertz CT molecular complexity index is 1040. The second kappa shape index (κ2) is 8.60. The van der Waals surface area contributed by atoms with E-state index < -0.39 is 27.9 Å². The van der Waals surface area contributed by atoms with Gasteiger partial charge in [0.1, 0.15) is 5.82 Å². The number of carbonyl (C=O) groups excluding carboxylic acids is 2. The molecule has 9 heteroatoms. The summed E-state index contributed by atoms with van der Waals surface area (Å²) in [7, 11) is -4.07. The molecule has 1 heterocycles. The van der Waals surface area contributed by atoms with Gasteiger partial charge in [-0.3, -0.25) is 9.52 Å². The first-order valence-corrected chi connectivity index (χ1v) is 10.6. The molecule has 1 saturated heterocycles. The highest BCUT2D eigenvalue weighted by atomic mass is 32.2. The molecule has 2 N–H and O–H groups in total. The minimum Gasteiger partial charge on any atom is -0.449 e. The van der Waals surface area contributed by atoms with Crippen LogP contribution >= 0.6 is 0 Å². The van der Waals surface area contributed by atoms with Gasteiger partial charge < -0.3 is 10.1 Å². The Morgan fingerprint density at radius 3 is 2.72 bits per heavy atom. The van der Waals surface area contributed by atoms with Crippen molar-refractivity contribution in [1.29, 1.82) is 0 Å². The van der Waals surface area contributed by atoms with E-state index in [0.29, 0.717) is 13.0 Å². The molecule has 2 aromatic rings. The number of carbonyl (C=O) groups is 2. The number of ether oxygens (including phenoxy) is 1. The standard InChI is InChI=1S/C20H21FN2O5S/c1-13-12-14(21)9-10-18(13)29(26,27)23-16-7-3-2-6-15(16)20(25)28-17-8-4-5-11-22-19(17)24/h2-3,6-7,9-10,12,17,23H,4-5,8,11H2,1H3,(H,22,24)/t17-/m1/s1. The van der Waals surface area contributed by atoms with Crippen LogP contribution in [0.4, 0.5) is 10.1 Å². The Morgan fingerprint density at radius 1 is 1.21 bits per heavy atom. The third-order valence-corrected chi connectivity index (χ3v) is 6.08. The number of benzene rings is 2. The largest absolute Gasteiger partial charge is 0.449 e. The summed E-state index contributed by atoms with van der Waals surface area (Å²) >= 11 is 0. The van der Waals surface area contributed by atoms with Crippen LogP contribution in [-0.4, -0.2) is 32.9 Å². The molecule has 0 spiro atoms. The monoisotopic (exact) mass is 420 g/mol. The molecular formula is C20H21FN2O5S. The average molecular weight is 420 g/mol.